The molecule has 2 N–H and O–H groups in total. The van der Waals surface area contributed by atoms with E-state index >= 15 is 0 Å². The minimum atomic E-state index is -3.23. The Balaban J connectivity index is 2.06. The van der Waals surface area contributed by atoms with E-state index in [9.17, 15) is 8.42 Å². The van der Waals surface area contributed by atoms with Crippen LogP contribution in [-0.4, -0.2) is 29.2 Å². The fourth-order valence-electron chi connectivity index (χ4n) is 2.18. The molecule has 3 rings (SSSR count). The summed E-state index contributed by atoms with van der Waals surface area (Å²) in [5.41, 5.74) is 8.04. The SMILES string of the molecule is Cn1c(Cc2csc(N)n2)nc2cc(S(C)(=O)=O)ccc21. The molecule has 2 heterocycles. The molecular weight excluding hydrogens is 308 g/mol. The van der Waals surface area contributed by atoms with Crippen LogP contribution < -0.4 is 5.73 Å². The standard InChI is InChI=1S/C13H14N4O2S2/c1-17-11-4-3-9(21(2,18)19)6-10(11)16-12(17)5-8-7-20-13(14)15-8/h3-4,6-7H,5H2,1-2H3,(H2,14,15). The molecule has 2 aromatic heterocycles. The number of hydrogen-bond donors (Lipinski definition) is 1. The van der Waals surface area contributed by atoms with Crippen LogP contribution in [0, 0.1) is 0 Å². The molecule has 0 bridgehead atoms. The van der Waals surface area contributed by atoms with Crippen LogP contribution in [0.5, 0.6) is 0 Å². The zero-order chi connectivity index (χ0) is 15.2. The van der Waals surface area contributed by atoms with Crippen molar-refractivity contribution in [3.05, 3.63) is 35.1 Å². The number of thiazole rings is 1. The summed E-state index contributed by atoms with van der Waals surface area (Å²) < 4.78 is 25.2. The second-order valence-electron chi connectivity index (χ2n) is 4.86. The zero-order valence-electron chi connectivity index (χ0n) is 11.6. The molecule has 0 aliphatic heterocycles. The maximum atomic E-state index is 11.6. The largest absolute Gasteiger partial charge is 0.375 e. The van der Waals surface area contributed by atoms with Crippen molar-refractivity contribution in [1.82, 2.24) is 14.5 Å². The molecule has 0 atom stereocenters. The van der Waals surface area contributed by atoms with E-state index in [1.54, 1.807) is 18.2 Å². The number of sulfone groups is 1. The number of nitrogen functional groups attached to an aromatic ring is 1. The lowest BCUT2D eigenvalue weighted by molar-refractivity contribution is 0.602. The van der Waals surface area contributed by atoms with Gasteiger partial charge in [-0.3, -0.25) is 0 Å². The lowest BCUT2D eigenvalue weighted by atomic mass is 10.3. The van der Waals surface area contributed by atoms with Crippen LogP contribution in [0.3, 0.4) is 0 Å². The van der Waals surface area contributed by atoms with Crippen LogP contribution in [0.15, 0.2) is 28.5 Å². The lowest BCUT2D eigenvalue weighted by Crippen LogP contribution is -1.99. The van der Waals surface area contributed by atoms with Crippen LogP contribution in [-0.2, 0) is 23.3 Å². The topological polar surface area (TPSA) is 90.9 Å². The number of nitrogens with zero attached hydrogens (tertiary/aromatic N) is 3. The van der Waals surface area contributed by atoms with Gasteiger partial charge in [-0.2, -0.15) is 0 Å². The zero-order valence-corrected chi connectivity index (χ0v) is 13.2. The van der Waals surface area contributed by atoms with Crippen molar-refractivity contribution < 1.29 is 8.42 Å². The van der Waals surface area contributed by atoms with E-state index in [1.165, 1.54) is 17.6 Å². The molecule has 0 unspecified atom stereocenters. The third-order valence-corrected chi connectivity index (χ3v) is 5.11. The molecular formula is C13H14N4O2S2. The number of nitrogens with two attached hydrogens (primary N) is 1. The van der Waals surface area contributed by atoms with Crippen molar-refractivity contribution in [1.29, 1.82) is 0 Å². The predicted octanol–water partition coefficient (Wildman–Crippen LogP) is 1.61. The summed E-state index contributed by atoms with van der Waals surface area (Å²) in [5.74, 6) is 0.820. The smallest absolute Gasteiger partial charge is 0.180 e. The van der Waals surface area contributed by atoms with Crippen molar-refractivity contribution in [3.8, 4) is 0 Å². The first-order chi connectivity index (χ1) is 9.84. The number of benzene rings is 1. The molecule has 3 aromatic rings. The van der Waals surface area contributed by atoms with Crippen LogP contribution in [0.1, 0.15) is 11.5 Å². The quantitative estimate of drug-likeness (QED) is 0.791. The minimum absolute atomic E-state index is 0.276. The van der Waals surface area contributed by atoms with Crippen molar-refractivity contribution in [3.63, 3.8) is 0 Å². The predicted molar refractivity (Wildman–Crippen MR) is 83.2 cm³/mol. The number of fused-ring (bicyclic) bond motifs is 1. The highest BCUT2D eigenvalue weighted by molar-refractivity contribution is 7.90. The maximum absolute atomic E-state index is 11.6. The number of rotatable bonds is 3. The molecule has 0 aliphatic carbocycles. The highest BCUT2D eigenvalue weighted by Crippen LogP contribution is 2.22. The van der Waals surface area contributed by atoms with Gasteiger partial charge in [0.15, 0.2) is 15.0 Å². The molecule has 0 spiro atoms. The molecule has 0 aliphatic rings. The van der Waals surface area contributed by atoms with E-state index < -0.39 is 9.84 Å². The Kier molecular flexibility index (Phi) is 3.22. The van der Waals surface area contributed by atoms with Crippen molar-refractivity contribution in [2.24, 2.45) is 7.05 Å². The van der Waals surface area contributed by atoms with Gasteiger partial charge in [0, 0.05) is 25.1 Å². The van der Waals surface area contributed by atoms with Gasteiger partial charge in [-0.15, -0.1) is 11.3 Å². The van der Waals surface area contributed by atoms with Crippen LogP contribution in [0.4, 0.5) is 5.13 Å². The molecule has 21 heavy (non-hydrogen) atoms. The van der Waals surface area contributed by atoms with Gasteiger partial charge in [0.1, 0.15) is 5.82 Å². The first-order valence-electron chi connectivity index (χ1n) is 6.20. The molecule has 0 fully saturated rings. The van der Waals surface area contributed by atoms with Crippen LogP contribution >= 0.6 is 11.3 Å². The van der Waals surface area contributed by atoms with E-state index in [-0.39, 0.29) is 4.90 Å². The van der Waals surface area contributed by atoms with Crippen LogP contribution in [0.25, 0.3) is 11.0 Å². The van der Waals surface area contributed by atoms with E-state index in [0.717, 1.165) is 17.0 Å². The summed E-state index contributed by atoms with van der Waals surface area (Å²) in [7, 11) is -1.33. The normalized spacial score (nSPS) is 12.1. The number of hydrogen-bond acceptors (Lipinski definition) is 6. The molecule has 6 nitrogen and oxygen atoms in total. The number of imidazole rings is 1. The van der Waals surface area contributed by atoms with Gasteiger partial charge in [-0.1, -0.05) is 0 Å². The van der Waals surface area contributed by atoms with Gasteiger partial charge >= 0.3 is 0 Å². The molecule has 1 aromatic carbocycles. The second kappa shape index (κ2) is 4.81. The Hall–Kier alpha value is -1.93. The average molecular weight is 322 g/mol. The van der Waals surface area contributed by atoms with Crippen molar-refractivity contribution >= 4 is 37.3 Å². The van der Waals surface area contributed by atoms with E-state index in [1.807, 2.05) is 17.0 Å². The summed E-state index contributed by atoms with van der Waals surface area (Å²) in [5, 5.41) is 2.43. The second-order valence-corrected chi connectivity index (χ2v) is 7.77. The Morgan fingerprint density at radius 2 is 2.10 bits per heavy atom. The van der Waals surface area contributed by atoms with Gasteiger partial charge in [0.2, 0.25) is 0 Å². The van der Waals surface area contributed by atoms with E-state index in [0.29, 0.717) is 17.1 Å². The van der Waals surface area contributed by atoms with Crippen molar-refractivity contribution in [2.75, 3.05) is 12.0 Å². The van der Waals surface area contributed by atoms with Gasteiger partial charge < -0.3 is 10.3 Å². The lowest BCUT2D eigenvalue weighted by Gasteiger charge is -2.00. The summed E-state index contributed by atoms with van der Waals surface area (Å²) in [6.07, 6.45) is 1.75. The molecule has 110 valence electrons. The fourth-order valence-corrected chi connectivity index (χ4v) is 3.39. The first-order valence-corrected chi connectivity index (χ1v) is 8.97. The molecule has 0 amide bonds. The number of aryl methyl sites for hydroxylation is 1. The Morgan fingerprint density at radius 1 is 1.33 bits per heavy atom. The van der Waals surface area contributed by atoms with Gasteiger partial charge in [-0.05, 0) is 18.2 Å². The average Bonchev–Trinajstić information content (AvgIpc) is 2.94. The maximum Gasteiger partial charge on any atom is 0.180 e. The minimum Gasteiger partial charge on any atom is -0.375 e. The van der Waals surface area contributed by atoms with E-state index in [2.05, 4.69) is 9.97 Å². The highest BCUT2D eigenvalue weighted by atomic mass is 32.2. The van der Waals surface area contributed by atoms with Gasteiger partial charge in [-0.25, -0.2) is 18.4 Å². The Morgan fingerprint density at radius 3 is 2.71 bits per heavy atom. The van der Waals surface area contributed by atoms with Crippen molar-refractivity contribution in [2.45, 2.75) is 11.3 Å². The van der Waals surface area contributed by atoms with Crippen LogP contribution in [0.2, 0.25) is 0 Å². The third-order valence-electron chi connectivity index (χ3n) is 3.28. The molecule has 8 heteroatoms. The van der Waals surface area contributed by atoms with E-state index in [4.69, 9.17) is 5.73 Å². The third kappa shape index (κ3) is 2.64. The monoisotopic (exact) mass is 322 g/mol. The van der Waals surface area contributed by atoms with Gasteiger partial charge in [0.25, 0.3) is 0 Å². The summed E-state index contributed by atoms with van der Waals surface area (Å²) >= 11 is 1.39. The first kappa shape index (κ1) is 14.0. The Labute approximate surface area is 126 Å². The summed E-state index contributed by atoms with van der Waals surface area (Å²) in [6, 6.07) is 4.98. The summed E-state index contributed by atoms with van der Waals surface area (Å²) in [6.45, 7) is 0. The number of aromatic nitrogens is 3. The Bertz CT molecular complexity index is 925. The summed E-state index contributed by atoms with van der Waals surface area (Å²) in [4.78, 5) is 9.01. The van der Waals surface area contributed by atoms with Gasteiger partial charge in [0.05, 0.1) is 21.6 Å². The molecule has 0 saturated heterocycles. The molecule has 0 saturated carbocycles. The highest BCUT2D eigenvalue weighted by Gasteiger charge is 2.13. The molecule has 0 radical (unpaired) electrons. The fraction of sp³-hybridized carbons (Fsp3) is 0.231. The number of anilines is 1.